The summed E-state index contributed by atoms with van der Waals surface area (Å²) in [6.07, 6.45) is 7.29. The van der Waals surface area contributed by atoms with Gasteiger partial charge in [0, 0.05) is 0 Å². The minimum absolute atomic E-state index is 0.00435. The van der Waals surface area contributed by atoms with Crippen LogP contribution in [0.2, 0.25) is 0 Å². The smallest absolute Gasteiger partial charge is 0.0542 e. The van der Waals surface area contributed by atoms with Crippen LogP contribution in [0.4, 0.5) is 0 Å². The lowest BCUT2D eigenvalue weighted by Gasteiger charge is -2.19. The monoisotopic (exact) mass is 142 g/mol. The summed E-state index contributed by atoms with van der Waals surface area (Å²) in [6.45, 7) is 2.24. The Hall–Kier alpha value is -0.0400. The molecule has 1 aliphatic carbocycles. The third kappa shape index (κ3) is 2.70. The summed E-state index contributed by atoms with van der Waals surface area (Å²) < 4.78 is 0. The SMILES string of the molecule is CC1CCCCCC(O)C1. The Labute approximate surface area is 63.4 Å². The summed E-state index contributed by atoms with van der Waals surface area (Å²) in [5.41, 5.74) is 0. The zero-order chi connectivity index (χ0) is 7.40. The van der Waals surface area contributed by atoms with Gasteiger partial charge in [0.2, 0.25) is 0 Å². The van der Waals surface area contributed by atoms with Crippen LogP contribution < -0.4 is 0 Å². The molecule has 1 nitrogen and oxygen atoms in total. The van der Waals surface area contributed by atoms with Gasteiger partial charge in [0.25, 0.3) is 0 Å². The van der Waals surface area contributed by atoms with E-state index < -0.39 is 0 Å². The molecular formula is C9H18O. The molecule has 0 saturated heterocycles. The maximum Gasteiger partial charge on any atom is 0.0542 e. The standard InChI is InChI=1S/C9H18O/c1-8-5-3-2-4-6-9(10)7-8/h8-10H,2-7H2,1H3. The van der Waals surface area contributed by atoms with Crippen molar-refractivity contribution in [2.45, 2.75) is 51.6 Å². The average Bonchev–Trinajstić information content (AvgIpc) is 1.83. The largest absolute Gasteiger partial charge is 0.393 e. The lowest BCUT2D eigenvalue weighted by Crippen LogP contribution is -2.13. The molecule has 1 rings (SSSR count). The number of hydrogen-bond donors (Lipinski definition) is 1. The molecule has 0 aliphatic heterocycles. The van der Waals surface area contributed by atoms with Crippen molar-refractivity contribution < 1.29 is 5.11 Å². The Morgan fingerprint density at radius 3 is 2.60 bits per heavy atom. The van der Waals surface area contributed by atoms with E-state index in [1.165, 1.54) is 25.7 Å². The molecule has 0 spiro atoms. The molecule has 0 radical (unpaired) electrons. The molecule has 0 aromatic rings. The van der Waals surface area contributed by atoms with Crippen molar-refractivity contribution >= 4 is 0 Å². The van der Waals surface area contributed by atoms with Crippen molar-refractivity contribution in [1.82, 2.24) is 0 Å². The van der Waals surface area contributed by atoms with E-state index in [1.54, 1.807) is 0 Å². The normalized spacial score (nSPS) is 36.6. The maximum atomic E-state index is 9.38. The van der Waals surface area contributed by atoms with Crippen molar-refractivity contribution in [3.8, 4) is 0 Å². The first-order chi connectivity index (χ1) is 4.79. The molecule has 1 heteroatoms. The molecule has 0 aromatic heterocycles. The van der Waals surface area contributed by atoms with Crippen LogP contribution in [-0.2, 0) is 0 Å². The summed E-state index contributed by atoms with van der Waals surface area (Å²) in [7, 11) is 0. The van der Waals surface area contributed by atoms with Crippen LogP contribution in [0.15, 0.2) is 0 Å². The topological polar surface area (TPSA) is 20.2 Å². The van der Waals surface area contributed by atoms with E-state index in [1.807, 2.05) is 0 Å². The van der Waals surface area contributed by atoms with Gasteiger partial charge < -0.3 is 5.11 Å². The summed E-state index contributed by atoms with van der Waals surface area (Å²) in [6, 6.07) is 0. The van der Waals surface area contributed by atoms with Crippen molar-refractivity contribution in [3.63, 3.8) is 0 Å². The van der Waals surface area contributed by atoms with E-state index in [0.29, 0.717) is 0 Å². The van der Waals surface area contributed by atoms with Crippen LogP contribution in [0.25, 0.3) is 0 Å². The van der Waals surface area contributed by atoms with Crippen molar-refractivity contribution in [1.29, 1.82) is 0 Å². The fourth-order valence-electron chi connectivity index (χ4n) is 1.75. The molecule has 0 aromatic carbocycles. The minimum Gasteiger partial charge on any atom is -0.393 e. The average molecular weight is 142 g/mol. The van der Waals surface area contributed by atoms with E-state index in [-0.39, 0.29) is 6.10 Å². The van der Waals surface area contributed by atoms with Gasteiger partial charge in [-0.1, -0.05) is 32.6 Å². The molecule has 1 aliphatic rings. The van der Waals surface area contributed by atoms with Gasteiger partial charge in [-0.25, -0.2) is 0 Å². The van der Waals surface area contributed by atoms with Gasteiger partial charge in [0.15, 0.2) is 0 Å². The van der Waals surface area contributed by atoms with E-state index >= 15 is 0 Å². The quantitative estimate of drug-likeness (QED) is 0.550. The predicted octanol–water partition coefficient (Wildman–Crippen LogP) is 2.34. The number of aliphatic hydroxyl groups is 1. The van der Waals surface area contributed by atoms with Crippen LogP contribution in [-0.4, -0.2) is 11.2 Å². The van der Waals surface area contributed by atoms with Gasteiger partial charge >= 0.3 is 0 Å². The van der Waals surface area contributed by atoms with E-state index in [4.69, 9.17) is 0 Å². The third-order valence-electron chi connectivity index (χ3n) is 2.41. The molecule has 10 heavy (non-hydrogen) atoms. The van der Waals surface area contributed by atoms with Crippen LogP contribution in [0, 0.1) is 5.92 Å². The van der Waals surface area contributed by atoms with Crippen molar-refractivity contribution in [2.75, 3.05) is 0 Å². The molecule has 0 heterocycles. The summed E-state index contributed by atoms with van der Waals surface area (Å²) in [4.78, 5) is 0. The van der Waals surface area contributed by atoms with Gasteiger partial charge in [0.1, 0.15) is 0 Å². The minimum atomic E-state index is -0.00435. The highest BCUT2D eigenvalue weighted by atomic mass is 16.3. The maximum absolute atomic E-state index is 9.38. The van der Waals surface area contributed by atoms with Crippen molar-refractivity contribution in [2.24, 2.45) is 5.92 Å². The highest BCUT2D eigenvalue weighted by molar-refractivity contribution is 4.65. The Morgan fingerprint density at radius 2 is 1.80 bits per heavy atom. The van der Waals surface area contributed by atoms with Crippen LogP contribution in [0.1, 0.15) is 45.4 Å². The van der Waals surface area contributed by atoms with Gasteiger partial charge in [-0.2, -0.15) is 0 Å². The first kappa shape index (κ1) is 8.06. The Morgan fingerprint density at radius 1 is 1.10 bits per heavy atom. The summed E-state index contributed by atoms with van der Waals surface area (Å²) in [5, 5.41) is 9.38. The van der Waals surface area contributed by atoms with Gasteiger partial charge in [0.05, 0.1) is 6.10 Å². The van der Waals surface area contributed by atoms with Gasteiger partial charge in [-0.3, -0.25) is 0 Å². The second-order valence-corrected chi connectivity index (χ2v) is 3.63. The van der Waals surface area contributed by atoms with Gasteiger partial charge in [-0.15, -0.1) is 0 Å². The van der Waals surface area contributed by atoms with E-state index in [2.05, 4.69) is 6.92 Å². The molecule has 1 saturated carbocycles. The second kappa shape index (κ2) is 3.97. The van der Waals surface area contributed by atoms with Crippen LogP contribution in [0.3, 0.4) is 0 Å². The number of rotatable bonds is 0. The second-order valence-electron chi connectivity index (χ2n) is 3.63. The zero-order valence-electron chi connectivity index (χ0n) is 6.84. The van der Waals surface area contributed by atoms with E-state index in [9.17, 15) is 5.11 Å². The Bertz CT molecular complexity index is 80.7. The summed E-state index contributed by atoms with van der Waals surface area (Å²) >= 11 is 0. The van der Waals surface area contributed by atoms with Crippen molar-refractivity contribution in [3.05, 3.63) is 0 Å². The molecule has 60 valence electrons. The lowest BCUT2D eigenvalue weighted by atomic mass is 9.91. The first-order valence-electron chi connectivity index (χ1n) is 4.47. The van der Waals surface area contributed by atoms with Crippen LogP contribution >= 0.6 is 0 Å². The number of aliphatic hydroxyl groups excluding tert-OH is 1. The van der Waals surface area contributed by atoms with Crippen LogP contribution in [0.5, 0.6) is 0 Å². The first-order valence-corrected chi connectivity index (χ1v) is 4.47. The molecule has 1 N–H and O–H groups in total. The molecule has 2 atom stereocenters. The zero-order valence-corrected chi connectivity index (χ0v) is 6.84. The predicted molar refractivity (Wildman–Crippen MR) is 42.9 cm³/mol. The molecule has 2 unspecified atom stereocenters. The lowest BCUT2D eigenvalue weighted by molar-refractivity contribution is 0.123. The highest BCUT2D eigenvalue weighted by Gasteiger charge is 2.12. The molecule has 1 fully saturated rings. The molecule has 0 bridgehead atoms. The van der Waals surface area contributed by atoms with Gasteiger partial charge in [-0.05, 0) is 18.8 Å². The molecule has 0 amide bonds. The Kier molecular flexibility index (Phi) is 3.20. The molecular weight excluding hydrogens is 124 g/mol. The number of hydrogen-bond acceptors (Lipinski definition) is 1. The fourth-order valence-corrected chi connectivity index (χ4v) is 1.75. The van der Waals surface area contributed by atoms with E-state index in [0.717, 1.165) is 18.8 Å². The third-order valence-corrected chi connectivity index (χ3v) is 2.41. The highest BCUT2D eigenvalue weighted by Crippen LogP contribution is 2.21. The Balaban J connectivity index is 2.25. The fraction of sp³-hybridized carbons (Fsp3) is 1.00. The summed E-state index contributed by atoms with van der Waals surface area (Å²) in [5.74, 6) is 0.746.